The second kappa shape index (κ2) is 6.24. The van der Waals surface area contributed by atoms with Gasteiger partial charge in [-0.3, -0.25) is 4.90 Å². The van der Waals surface area contributed by atoms with Crippen molar-refractivity contribution in [2.75, 3.05) is 44.4 Å². The van der Waals surface area contributed by atoms with E-state index in [4.69, 9.17) is 10.5 Å². The number of nitrogens with zero attached hydrogens (tertiary/aromatic N) is 5. The van der Waals surface area contributed by atoms with Gasteiger partial charge < -0.3 is 15.4 Å². The van der Waals surface area contributed by atoms with Crippen LogP contribution in [0.2, 0.25) is 0 Å². The maximum atomic E-state index is 6.28. The quantitative estimate of drug-likeness (QED) is 0.899. The molecule has 1 spiro atoms. The molecule has 0 radical (unpaired) electrons. The van der Waals surface area contributed by atoms with Crippen molar-refractivity contribution in [1.82, 2.24) is 19.9 Å². The number of morpholine rings is 1. The number of fused-ring (bicyclic) bond motifs is 2. The van der Waals surface area contributed by atoms with E-state index in [1.807, 2.05) is 19.0 Å². The van der Waals surface area contributed by atoms with Crippen LogP contribution in [0.5, 0.6) is 0 Å². The lowest BCUT2D eigenvalue weighted by molar-refractivity contribution is -0.116. The number of hydrogen-bond acceptors (Lipinski definition) is 7. The lowest BCUT2D eigenvalue weighted by Crippen LogP contribution is -2.48. The van der Waals surface area contributed by atoms with Crippen molar-refractivity contribution >= 4 is 11.9 Å². The Hall–Kier alpha value is -2.25. The van der Waals surface area contributed by atoms with Gasteiger partial charge in [-0.25, -0.2) is 0 Å². The molecule has 1 aliphatic carbocycles. The third kappa shape index (κ3) is 3.05. The molecule has 1 atom stereocenters. The minimum atomic E-state index is -0.197. The highest BCUT2D eigenvalue weighted by Crippen LogP contribution is 2.42. The number of nitrogen functional groups attached to an aromatic ring is 1. The molecule has 7 heteroatoms. The molecule has 132 valence electrons. The van der Waals surface area contributed by atoms with E-state index in [-0.39, 0.29) is 11.5 Å². The van der Waals surface area contributed by atoms with E-state index in [1.54, 1.807) is 0 Å². The third-order valence-corrected chi connectivity index (χ3v) is 5.02. The van der Waals surface area contributed by atoms with Gasteiger partial charge in [-0.15, -0.1) is 0 Å². The van der Waals surface area contributed by atoms with Crippen LogP contribution in [-0.2, 0) is 23.3 Å². The van der Waals surface area contributed by atoms with Crippen molar-refractivity contribution in [2.24, 2.45) is 0 Å². The third-order valence-electron chi connectivity index (χ3n) is 5.02. The van der Waals surface area contributed by atoms with Crippen LogP contribution in [0, 0.1) is 0 Å². The number of nitrogens with two attached hydrogens (primary N) is 1. The minimum absolute atomic E-state index is 0.197. The normalized spacial score (nSPS) is 23.0. The molecule has 1 saturated heterocycles. The number of ether oxygens (including phenoxy) is 1. The zero-order valence-corrected chi connectivity index (χ0v) is 14.8. The standard InChI is InChI=1S/C18H24N6O/c1-23(2)17-21-15(20-16(19)22-17)11-24-9-10-25-18(12-24)8-7-13-5-3-4-6-14(13)18/h3-6H,7-12H2,1-2H3,(H2,19,20,21,22). The average Bonchev–Trinajstić information content (AvgIpc) is 2.93. The van der Waals surface area contributed by atoms with Crippen LogP contribution < -0.4 is 10.6 Å². The Kier molecular flexibility index (Phi) is 4.05. The number of hydrogen-bond donors (Lipinski definition) is 1. The second-order valence-electron chi connectivity index (χ2n) is 7.01. The molecule has 0 saturated carbocycles. The van der Waals surface area contributed by atoms with Crippen LogP contribution in [-0.4, -0.2) is 53.6 Å². The Morgan fingerprint density at radius 3 is 2.92 bits per heavy atom. The van der Waals surface area contributed by atoms with Crippen molar-refractivity contribution < 1.29 is 4.74 Å². The highest BCUT2D eigenvalue weighted by atomic mass is 16.5. The number of benzene rings is 1. The summed E-state index contributed by atoms with van der Waals surface area (Å²) in [7, 11) is 3.80. The van der Waals surface area contributed by atoms with Gasteiger partial charge in [0.2, 0.25) is 11.9 Å². The maximum absolute atomic E-state index is 6.28. The van der Waals surface area contributed by atoms with E-state index in [1.165, 1.54) is 11.1 Å². The smallest absolute Gasteiger partial charge is 0.229 e. The van der Waals surface area contributed by atoms with Crippen LogP contribution in [0.3, 0.4) is 0 Å². The zero-order chi connectivity index (χ0) is 17.4. The molecule has 1 fully saturated rings. The SMILES string of the molecule is CN(C)c1nc(N)nc(CN2CCOC3(CCc4ccccc43)C2)n1. The second-order valence-corrected chi connectivity index (χ2v) is 7.01. The maximum Gasteiger partial charge on any atom is 0.229 e. The first kappa shape index (κ1) is 16.2. The molecule has 2 aliphatic rings. The summed E-state index contributed by atoms with van der Waals surface area (Å²) in [5, 5.41) is 0. The summed E-state index contributed by atoms with van der Waals surface area (Å²) in [5.74, 6) is 1.57. The van der Waals surface area contributed by atoms with Gasteiger partial charge in [-0.05, 0) is 24.0 Å². The van der Waals surface area contributed by atoms with Gasteiger partial charge in [-0.2, -0.15) is 15.0 Å². The van der Waals surface area contributed by atoms with Crippen molar-refractivity contribution in [3.63, 3.8) is 0 Å². The van der Waals surface area contributed by atoms with Crippen LogP contribution in [0.4, 0.5) is 11.9 Å². The number of aromatic nitrogens is 3. The first-order valence-corrected chi connectivity index (χ1v) is 8.68. The van der Waals surface area contributed by atoms with Crippen LogP contribution in [0.1, 0.15) is 23.4 Å². The van der Waals surface area contributed by atoms with Gasteiger partial charge in [0.25, 0.3) is 0 Å². The van der Waals surface area contributed by atoms with E-state index in [9.17, 15) is 0 Å². The summed E-state index contributed by atoms with van der Waals surface area (Å²) in [6.07, 6.45) is 2.11. The van der Waals surface area contributed by atoms with Gasteiger partial charge in [0.1, 0.15) is 11.4 Å². The number of anilines is 2. The summed E-state index contributed by atoms with van der Waals surface area (Å²) >= 11 is 0. The number of aryl methyl sites for hydroxylation is 1. The fourth-order valence-electron chi connectivity index (χ4n) is 3.85. The van der Waals surface area contributed by atoms with Crippen LogP contribution in [0.15, 0.2) is 24.3 Å². The average molecular weight is 340 g/mol. The van der Waals surface area contributed by atoms with Crippen LogP contribution >= 0.6 is 0 Å². The highest BCUT2D eigenvalue weighted by molar-refractivity contribution is 5.38. The molecule has 1 aromatic carbocycles. The Balaban J connectivity index is 1.55. The van der Waals surface area contributed by atoms with E-state index in [2.05, 4.69) is 44.1 Å². The van der Waals surface area contributed by atoms with Gasteiger partial charge in [0.05, 0.1) is 13.2 Å². The Morgan fingerprint density at radius 1 is 1.24 bits per heavy atom. The van der Waals surface area contributed by atoms with Crippen molar-refractivity contribution in [3.05, 3.63) is 41.2 Å². The molecule has 25 heavy (non-hydrogen) atoms. The lowest BCUT2D eigenvalue weighted by atomic mass is 9.93. The summed E-state index contributed by atoms with van der Waals surface area (Å²) in [6, 6.07) is 8.62. The monoisotopic (exact) mass is 340 g/mol. The van der Waals surface area contributed by atoms with E-state index >= 15 is 0 Å². The molecule has 1 unspecified atom stereocenters. The highest BCUT2D eigenvalue weighted by Gasteiger charge is 2.43. The van der Waals surface area contributed by atoms with E-state index < -0.39 is 0 Å². The van der Waals surface area contributed by atoms with E-state index in [0.717, 1.165) is 32.5 Å². The fraction of sp³-hybridized carbons (Fsp3) is 0.500. The van der Waals surface area contributed by atoms with Crippen LogP contribution in [0.25, 0.3) is 0 Å². The Labute approximate surface area is 147 Å². The molecule has 0 amide bonds. The van der Waals surface area contributed by atoms with Gasteiger partial charge in [0.15, 0.2) is 0 Å². The molecule has 1 aliphatic heterocycles. The van der Waals surface area contributed by atoms with Crippen molar-refractivity contribution in [3.8, 4) is 0 Å². The van der Waals surface area contributed by atoms with Crippen molar-refractivity contribution in [1.29, 1.82) is 0 Å². The molecule has 2 N–H and O–H groups in total. The minimum Gasteiger partial charge on any atom is -0.368 e. The molecule has 2 aromatic rings. The predicted molar refractivity (Wildman–Crippen MR) is 96.2 cm³/mol. The molecular weight excluding hydrogens is 316 g/mol. The Morgan fingerprint density at radius 2 is 2.08 bits per heavy atom. The molecule has 0 bridgehead atoms. The summed E-state index contributed by atoms with van der Waals surface area (Å²) in [6.45, 7) is 3.09. The summed E-state index contributed by atoms with van der Waals surface area (Å²) in [5.41, 5.74) is 8.40. The summed E-state index contributed by atoms with van der Waals surface area (Å²) in [4.78, 5) is 17.2. The molecule has 1 aromatic heterocycles. The lowest BCUT2D eigenvalue weighted by Gasteiger charge is -2.41. The largest absolute Gasteiger partial charge is 0.368 e. The summed E-state index contributed by atoms with van der Waals surface area (Å²) < 4.78 is 6.28. The van der Waals surface area contributed by atoms with Crippen molar-refractivity contribution in [2.45, 2.75) is 25.0 Å². The van der Waals surface area contributed by atoms with Gasteiger partial charge in [0, 0.05) is 27.2 Å². The van der Waals surface area contributed by atoms with E-state index in [0.29, 0.717) is 18.3 Å². The van der Waals surface area contributed by atoms with Gasteiger partial charge in [-0.1, -0.05) is 24.3 Å². The number of rotatable bonds is 3. The molecular formula is C18H24N6O. The van der Waals surface area contributed by atoms with Gasteiger partial charge >= 0.3 is 0 Å². The fourth-order valence-corrected chi connectivity index (χ4v) is 3.85. The zero-order valence-electron chi connectivity index (χ0n) is 14.8. The molecule has 4 rings (SSSR count). The molecule has 2 heterocycles. The first-order valence-electron chi connectivity index (χ1n) is 8.68. The first-order chi connectivity index (χ1) is 12.1. The predicted octanol–water partition coefficient (Wildman–Crippen LogP) is 1.19. The topological polar surface area (TPSA) is 80.4 Å². The Bertz CT molecular complexity index is 776. The molecule has 7 nitrogen and oxygen atoms in total.